The minimum atomic E-state index is -2.77. The lowest BCUT2D eigenvalue weighted by atomic mass is 9.99. The Balaban J connectivity index is 2.10. The normalized spacial score (nSPS) is 22.0. The Morgan fingerprint density at radius 3 is 2.57 bits per heavy atom. The van der Waals surface area contributed by atoms with Gasteiger partial charge in [-0.2, -0.15) is 10.2 Å². The summed E-state index contributed by atoms with van der Waals surface area (Å²) in [6.45, 7) is 0. The maximum absolute atomic E-state index is 11.2. The van der Waals surface area contributed by atoms with Gasteiger partial charge in [-0.05, 0) is 25.0 Å². The van der Waals surface area contributed by atoms with E-state index < -0.39 is 9.84 Å². The van der Waals surface area contributed by atoms with E-state index in [-0.39, 0.29) is 17.4 Å². The van der Waals surface area contributed by atoms with Gasteiger partial charge < -0.3 is 0 Å². The second kappa shape index (κ2) is 3.65. The molecule has 1 aliphatic heterocycles. The lowest BCUT2D eigenvalue weighted by Gasteiger charge is -2.20. The number of hydrogen-bond donors (Lipinski definition) is 0. The number of nitrogens with zero attached hydrogens (tertiary/aromatic N) is 2. The average Bonchev–Trinajstić information content (AvgIpc) is 2.19. The molecule has 1 saturated heterocycles. The van der Waals surface area contributed by atoms with E-state index in [1.54, 1.807) is 6.20 Å². The third-order valence-electron chi connectivity index (χ3n) is 2.57. The Kier molecular flexibility index (Phi) is 2.50. The van der Waals surface area contributed by atoms with Crippen molar-refractivity contribution in [2.75, 3.05) is 11.5 Å². The van der Waals surface area contributed by atoms with Crippen molar-refractivity contribution >= 4 is 9.84 Å². The van der Waals surface area contributed by atoms with Crippen LogP contribution in [-0.4, -0.2) is 30.1 Å². The molecule has 0 atom stereocenters. The molecule has 1 aromatic rings. The van der Waals surface area contributed by atoms with Gasteiger partial charge >= 0.3 is 0 Å². The van der Waals surface area contributed by atoms with Crippen molar-refractivity contribution < 1.29 is 8.42 Å². The van der Waals surface area contributed by atoms with Crippen LogP contribution < -0.4 is 0 Å². The van der Waals surface area contributed by atoms with E-state index in [4.69, 9.17) is 0 Å². The van der Waals surface area contributed by atoms with Crippen LogP contribution in [0.25, 0.3) is 0 Å². The summed E-state index contributed by atoms with van der Waals surface area (Å²) in [5.41, 5.74) is 0.919. The quantitative estimate of drug-likeness (QED) is 0.690. The Bertz CT molecular complexity index is 388. The minimum absolute atomic E-state index is 0.271. The predicted octanol–water partition coefficient (Wildman–Crippen LogP) is 0.769. The van der Waals surface area contributed by atoms with Crippen molar-refractivity contribution in [3.05, 3.63) is 24.0 Å². The van der Waals surface area contributed by atoms with E-state index in [2.05, 4.69) is 10.2 Å². The second-order valence-electron chi connectivity index (χ2n) is 3.57. The van der Waals surface area contributed by atoms with Crippen molar-refractivity contribution in [3.63, 3.8) is 0 Å². The molecule has 5 heteroatoms. The van der Waals surface area contributed by atoms with Gasteiger partial charge in [0.25, 0.3) is 0 Å². The molecule has 0 aromatic carbocycles. The van der Waals surface area contributed by atoms with Crippen molar-refractivity contribution in [1.29, 1.82) is 0 Å². The molecule has 0 spiro atoms. The maximum atomic E-state index is 11.2. The van der Waals surface area contributed by atoms with Crippen LogP contribution in [0.5, 0.6) is 0 Å². The van der Waals surface area contributed by atoms with E-state index in [0.29, 0.717) is 12.8 Å². The van der Waals surface area contributed by atoms with Crippen LogP contribution in [-0.2, 0) is 9.84 Å². The van der Waals surface area contributed by atoms with Gasteiger partial charge in [-0.15, -0.1) is 0 Å². The smallest absolute Gasteiger partial charge is 0.150 e. The molecule has 0 aliphatic carbocycles. The summed E-state index contributed by atoms with van der Waals surface area (Å²) in [5, 5.41) is 7.80. The zero-order valence-corrected chi connectivity index (χ0v) is 8.57. The van der Waals surface area contributed by atoms with Gasteiger partial charge in [-0.1, -0.05) is 0 Å². The first kappa shape index (κ1) is 9.58. The number of aromatic nitrogens is 2. The van der Waals surface area contributed by atoms with Crippen molar-refractivity contribution in [2.24, 2.45) is 0 Å². The largest absolute Gasteiger partial charge is 0.229 e. The lowest BCUT2D eigenvalue weighted by Crippen LogP contribution is -2.22. The Morgan fingerprint density at radius 2 is 2.00 bits per heavy atom. The first-order chi connectivity index (χ1) is 6.67. The highest BCUT2D eigenvalue weighted by Crippen LogP contribution is 2.26. The molecular formula is C9H12N2O2S. The monoisotopic (exact) mass is 212 g/mol. The summed E-state index contributed by atoms with van der Waals surface area (Å²) < 4.78 is 22.4. The number of rotatable bonds is 1. The van der Waals surface area contributed by atoms with Crippen LogP contribution in [0.3, 0.4) is 0 Å². The Labute approximate surface area is 83.3 Å². The molecule has 1 aliphatic rings. The van der Waals surface area contributed by atoms with Crippen molar-refractivity contribution in [2.45, 2.75) is 18.8 Å². The summed E-state index contributed by atoms with van der Waals surface area (Å²) >= 11 is 0. The Morgan fingerprint density at radius 1 is 1.29 bits per heavy atom. The van der Waals surface area contributed by atoms with Gasteiger partial charge in [0, 0.05) is 12.1 Å². The van der Waals surface area contributed by atoms with E-state index in [1.807, 2.05) is 12.1 Å². The number of sulfone groups is 1. The van der Waals surface area contributed by atoms with Crippen LogP contribution in [0.2, 0.25) is 0 Å². The minimum Gasteiger partial charge on any atom is -0.229 e. The van der Waals surface area contributed by atoms with Gasteiger partial charge in [-0.25, -0.2) is 8.42 Å². The zero-order chi connectivity index (χ0) is 10.0. The fraction of sp³-hybridized carbons (Fsp3) is 0.556. The molecule has 2 heterocycles. The molecule has 4 nitrogen and oxygen atoms in total. The number of hydrogen-bond acceptors (Lipinski definition) is 4. The van der Waals surface area contributed by atoms with Gasteiger partial charge in [-0.3, -0.25) is 0 Å². The average molecular weight is 212 g/mol. The van der Waals surface area contributed by atoms with Crippen LogP contribution >= 0.6 is 0 Å². The molecule has 14 heavy (non-hydrogen) atoms. The Hall–Kier alpha value is -0.970. The van der Waals surface area contributed by atoms with Crippen molar-refractivity contribution in [3.8, 4) is 0 Å². The highest BCUT2D eigenvalue weighted by molar-refractivity contribution is 7.91. The predicted molar refractivity (Wildman–Crippen MR) is 52.7 cm³/mol. The summed E-state index contributed by atoms with van der Waals surface area (Å²) in [6, 6.07) is 3.75. The molecule has 0 unspecified atom stereocenters. The fourth-order valence-electron chi connectivity index (χ4n) is 1.72. The third kappa shape index (κ3) is 2.09. The van der Waals surface area contributed by atoms with Gasteiger partial charge in [0.05, 0.1) is 17.2 Å². The molecule has 76 valence electrons. The fourth-order valence-corrected chi connectivity index (χ4v) is 3.21. The molecule has 0 N–H and O–H groups in total. The van der Waals surface area contributed by atoms with Gasteiger partial charge in [0.15, 0.2) is 0 Å². The van der Waals surface area contributed by atoms with Crippen LogP contribution in [0, 0.1) is 0 Å². The summed E-state index contributed by atoms with van der Waals surface area (Å²) in [7, 11) is -2.77. The first-order valence-corrected chi connectivity index (χ1v) is 6.47. The van der Waals surface area contributed by atoms with Crippen LogP contribution in [0.1, 0.15) is 24.5 Å². The maximum Gasteiger partial charge on any atom is 0.150 e. The summed E-state index contributed by atoms with van der Waals surface area (Å²) in [6.07, 6.45) is 2.99. The van der Waals surface area contributed by atoms with Crippen molar-refractivity contribution in [1.82, 2.24) is 10.2 Å². The molecule has 0 amide bonds. The highest BCUT2D eigenvalue weighted by Gasteiger charge is 2.25. The van der Waals surface area contributed by atoms with Gasteiger partial charge in [0.2, 0.25) is 0 Å². The van der Waals surface area contributed by atoms with E-state index in [0.717, 1.165) is 5.69 Å². The molecule has 1 fully saturated rings. The molecular weight excluding hydrogens is 200 g/mol. The molecule has 0 bridgehead atoms. The highest BCUT2D eigenvalue weighted by atomic mass is 32.2. The van der Waals surface area contributed by atoms with E-state index >= 15 is 0 Å². The van der Waals surface area contributed by atoms with Gasteiger partial charge in [0.1, 0.15) is 9.84 Å². The summed E-state index contributed by atoms with van der Waals surface area (Å²) in [5.74, 6) is 0.842. The van der Waals surface area contributed by atoms with Crippen LogP contribution in [0.15, 0.2) is 18.3 Å². The lowest BCUT2D eigenvalue weighted by molar-refractivity contribution is 0.541. The second-order valence-corrected chi connectivity index (χ2v) is 5.88. The topological polar surface area (TPSA) is 59.9 Å². The molecule has 1 aromatic heterocycles. The standard InChI is InChI=1S/C9H12N2O2S/c12-14(13)6-3-8(4-7-14)9-2-1-5-10-11-9/h1-2,5,8H,3-4,6-7H2. The molecule has 0 saturated carbocycles. The van der Waals surface area contributed by atoms with Crippen LogP contribution in [0.4, 0.5) is 0 Å². The SMILES string of the molecule is O=S1(=O)CCC(c2cccnn2)CC1. The molecule has 2 rings (SSSR count). The zero-order valence-electron chi connectivity index (χ0n) is 7.76. The van der Waals surface area contributed by atoms with E-state index in [9.17, 15) is 8.42 Å². The third-order valence-corrected chi connectivity index (χ3v) is 4.28. The van der Waals surface area contributed by atoms with E-state index in [1.165, 1.54) is 0 Å². The summed E-state index contributed by atoms with van der Waals surface area (Å²) in [4.78, 5) is 0. The first-order valence-electron chi connectivity index (χ1n) is 4.65. The molecule has 0 radical (unpaired) electrons.